The molecule has 1 saturated heterocycles. The number of hydrogen-bond donors (Lipinski definition) is 3. The van der Waals surface area contributed by atoms with Gasteiger partial charge in [-0.2, -0.15) is 9.61 Å². The number of amides is 1. The second kappa shape index (κ2) is 7.81. The Morgan fingerprint density at radius 1 is 1.25 bits per heavy atom. The van der Waals surface area contributed by atoms with Crippen molar-refractivity contribution in [3.63, 3.8) is 0 Å². The summed E-state index contributed by atoms with van der Waals surface area (Å²) in [5, 5.41) is 13.2. The average Bonchev–Trinajstić information content (AvgIpc) is 3.17. The lowest BCUT2D eigenvalue weighted by molar-refractivity contribution is 0.0793. The van der Waals surface area contributed by atoms with E-state index in [0.29, 0.717) is 41.2 Å². The van der Waals surface area contributed by atoms with Gasteiger partial charge in [-0.15, -0.1) is 0 Å². The third-order valence-corrected chi connectivity index (χ3v) is 4.80. The van der Waals surface area contributed by atoms with Gasteiger partial charge in [-0.3, -0.25) is 4.79 Å². The Morgan fingerprint density at radius 2 is 2.14 bits per heavy atom. The number of rotatable bonds is 5. The predicted molar refractivity (Wildman–Crippen MR) is 106 cm³/mol. The van der Waals surface area contributed by atoms with Gasteiger partial charge in [0.1, 0.15) is 23.0 Å². The normalized spacial score (nSPS) is 16.7. The largest absolute Gasteiger partial charge is 0.381 e. The van der Waals surface area contributed by atoms with Crippen molar-refractivity contribution < 1.29 is 9.53 Å². The molecule has 3 N–H and O–H groups in total. The molecule has 0 spiro atoms. The molecule has 4 heterocycles. The standard InChI is InChI=1S/C19H23N7O2/c1-20-17-9-16(25-18-13(19(27)21-2)10-22-26(17)18)24-15-7-3-6-14(23-15)12-5-4-8-28-11-12/h3,6-7,9-10,12,20H,4-5,8,11H2,1-2H3,(H,21,27)(H,23,24,25)/t12-/m0/s1. The van der Waals surface area contributed by atoms with Gasteiger partial charge in [0.25, 0.3) is 5.91 Å². The van der Waals surface area contributed by atoms with Crippen LogP contribution in [0.25, 0.3) is 5.65 Å². The van der Waals surface area contributed by atoms with Crippen LogP contribution in [0, 0.1) is 0 Å². The average molecular weight is 381 g/mol. The zero-order valence-corrected chi connectivity index (χ0v) is 15.9. The molecule has 28 heavy (non-hydrogen) atoms. The fraction of sp³-hybridized carbons (Fsp3) is 0.368. The minimum atomic E-state index is -0.237. The molecule has 9 nitrogen and oxygen atoms in total. The molecule has 9 heteroatoms. The number of anilines is 3. The first-order valence-electron chi connectivity index (χ1n) is 9.30. The van der Waals surface area contributed by atoms with Crippen LogP contribution in [0.3, 0.4) is 0 Å². The lowest BCUT2D eigenvalue weighted by Crippen LogP contribution is -2.18. The molecule has 0 bridgehead atoms. The molecule has 0 aromatic carbocycles. The summed E-state index contributed by atoms with van der Waals surface area (Å²) in [6.45, 7) is 1.53. The smallest absolute Gasteiger partial charge is 0.256 e. The van der Waals surface area contributed by atoms with E-state index in [1.165, 1.54) is 6.20 Å². The quantitative estimate of drug-likeness (QED) is 0.622. The van der Waals surface area contributed by atoms with Crippen LogP contribution in [0.1, 0.15) is 34.8 Å². The lowest BCUT2D eigenvalue weighted by Gasteiger charge is -2.22. The van der Waals surface area contributed by atoms with Crippen molar-refractivity contribution >= 4 is 29.0 Å². The van der Waals surface area contributed by atoms with E-state index in [1.54, 1.807) is 18.6 Å². The molecule has 1 fully saturated rings. The highest BCUT2D eigenvalue weighted by Crippen LogP contribution is 2.26. The molecule has 3 aromatic heterocycles. The fourth-order valence-electron chi connectivity index (χ4n) is 3.35. The third kappa shape index (κ3) is 3.48. The van der Waals surface area contributed by atoms with Crippen molar-refractivity contribution in [3.05, 3.63) is 41.7 Å². The second-order valence-corrected chi connectivity index (χ2v) is 6.64. The number of ether oxygens (including phenoxy) is 1. The minimum absolute atomic E-state index is 0.237. The van der Waals surface area contributed by atoms with Crippen LogP contribution in [0.4, 0.5) is 17.5 Å². The molecule has 0 unspecified atom stereocenters. The summed E-state index contributed by atoms with van der Waals surface area (Å²) < 4.78 is 7.18. The van der Waals surface area contributed by atoms with E-state index in [4.69, 9.17) is 9.72 Å². The summed E-state index contributed by atoms with van der Waals surface area (Å²) in [4.78, 5) is 21.4. The SMILES string of the molecule is CNC(=O)c1cnn2c(NC)cc(Nc3cccc([C@H]4CCCOC4)n3)nc12. The number of hydrogen-bond acceptors (Lipinski definition) is 7. The molecular formula is C19H23N7O2. The van der Waals surface area contributed by atoms with Gasteiger partial charge in [0, 0.05) is 38.4 Å². The van der Waals surface area contributed by atoms with Crippen LogP contribution in [-0.2, 0) is 4.74 Å². The first kappa shape index (κ1) is 18.2. The highest BCUT2D eigenvalue weighted by atomic mass is 16.5. The molecule has 146 valence electrons. The highest BCUT2D eigenvalue weighted by molar-refractivity contribution is 5.99. The highest BCUT2D eigenvalue weighted by Gasteiger charge is 2.18. The zero-order chi connectivity index (χ0) is 19.5. The van der Waals surface area contributed by atoms with Crippen LogP contribution in [0.15, 0.2) is 30.5 Å². The molecular weight excluding hydrogens is 358 g/mol. The molecule has 0 radical (unpaired) electrons. The number of nitrogens with one attached hydrogen (secondary N) is 3. The minimum Gasteiger partial charge on any atom is -0.381 e. The number of aromatic nitrogens is 4. The van der Waals surface area contributed by atoms with Crippen LogP contribution in [0.5, 0.6) is 0 Å². The van der Waals surface area contributed by atoms with E-state index < -0.39 is 0 Å². The van der Waals surface area contributed by atoms with E-state index in [1.807, 2.05) is 24.3 Å². The summed E-state index contributed by atoms with van der Waals surface area (Å²) in [5.74, 6) is 2.06. The van der Waals surface area contributed by atoms with Crippen molar-refractivity contribution in [1.82, 2.24) is 24.9 Å². The Hall–Kier alpha value is -3.20. The van der Waals surface area contributed by atoms with Crippen LogP contribution in [-0.4, -0.2) is 52.8 Å². The van der Waals surface area contributed by atoms with E-state index in [9.17, 15) is 4.79 Å². The summed E-state index contributed by atoms with van der Waals surface area (Å²) in [7, 11) is 3.37. The van der Waals surface area contributed by atoms with Gasteiger partial charge in [0.2, 0.25) is 0 Å². The van der Waals surface area contributed by atoms with Crippen molar-refractivity contribution in [2.75, 3.05) is 37.9 Å². The maximum absolute atomic E-state index is 12.1. The maximum atomic E-state index is 12.1. The van der Waals surface area contributed by atoms with Gasteiger partial charge in [0.05, 0.1) is 12.8 Å². The predicted octanol–water partition coefficient (Wildman–Crippen LogP) is 2.16. The van der Waals surface area contributed by atoms with E-state index >= 15 is 0 Å². The Kier molecular flexibility index (Phi) is 5.07. The topological polar surface area (TPSA) is 105 Å². The Labute approximate surface area is 162 Å². The van der Waals surface area contributed by atoms with Gasteiger partial charge < -0.3 is 20.7 Å². The molecule has 1 aliphatic heterocycles. The number of carbonyl (C=O) groups is 1. The van der Waals surface area contributed by atoms with Crippen molar-refractivity contribution in [3.8, 4) is 0 Å². The molecule has 1 aliphatic rings. The van der Waals surface area contributed by atoms with Crippen molar-refractivity contribution in [2.24, 2.45) is 0 Å². The number of nitrogens with zero attached hydrogens (tertiary/aromatic N) is 4. The molecule has 1 amide bonds. The fourth-order valence-corrected chi connectivity index (χ4v) is 3.35. The molecule has 0 aliphatic carbocycles. The number of carbonyl (C=O) groups excluding carboxylic acids is 1. The Bertz CT molecular complexity index is 995. The molecule has 4 rings (SSSR count). The van der Waals surface area contributed by atoms with Crippen molar-refractivity contribution in [2.45, 2.75) is 18.8 Å². The summed E-state index contributed by atoms with van der Waals surface area (Å²) in [5.41, 5.74) is 1.88. The Morgan fingerprint density at radius 3 is 2.89 bits per heavy atom. The number of fused-ring (bicyclic) bond motifs is 1. The van der Waals surface area contributed by atoms with Crippen LogP contribution in [0.2, 0.25) is 0 Å². The van der Waals surface area contributed by atoms with Gasteiger partial charge in [-0.25, -0.2) is 9.97 Å². The Balaban J connectivity index is 1.67. The zero-order valence-electron chi connectivity index (χ0n) is 15.9. The van der Waals surface area contributed by atoms with Gasteiger partial charge in [0.15, 0.2) is 5.65 Å². The number of pyridine rings is 1. The molecule has 1 atom stereocenters. The van der Waals surface area contributed by atoms with Gasteiger partial charge in [-0.05, 0) is 25.0 Å². The first-order valence-corrected chi connectivity index (χ1v) is 9.30. The maximum Gasteiger partial charge on any atom is 0.256 e. The molecule has 3 aromatic rings. The summed E-state index contributed by atoms with van der Waals surface area (Å²) in [6.07, 6.45) is 3.64. The van der Waals surface area contributed by atoms with E-state index in [0.717, 1.165) is 25.1 Å². The van der Waals surface area contributed by atoms with E-state index in [2.05, 4.69) is 26.0 Å². The lowest BCUT2D eigenvalue weighted by atomic mass is 9.98. The monoisotopic (exact) mass is 381 g/mol. The van der Waals surface area contributed by atoms with Gasteiger partial charge >= 0.3 is 0 Å². The van der Waals surface area contributed by atoms with Crippen molar-refractivity contribution in [1.29, 1.82) is 0 Å². The summed E-state index contributed by atoms with van der Waals surface area (Å²) >= 11 is 0. The third-order valence-electron chi connectivity index (χ3n) is 4.80. The van der Waals surface area contributed by atoms with Crippen LogP contribution >= 0.6 is 0 Å². The summed E-state index contributed by atoms with van der Waals surface area (Å²) in [6, 6.07) is 7.73. The van der Waals surface area contributed by atoms with E-state index in [-0.39, 0.29) is 5.91 Å². The van der Waals surface area contributed by atoms with Gasteiger partial charge in [-0.1, -0.05) is 6.07 Å². The molecule has 0 saturated carbocycles. The second-order valence-electron chi connectivity index (χ2n) is 6.64. The first-order chi connectivity index (χ1) is 13.7. The van der Waals surface area contributed by atoms with Crippen LogP contribution < -0.4 is 16.0 Å².